The second kappa shape index (κ2) is 6.11. The summed E-state index contributed by atoms with van der Waals surface area (Å²) in [6, 6.07) is 7.56. The lowest BCUT2D eigenvalue weighted by Crippen LogP contribution is -2.28. The van der Waals surface area contributed by atoms with E-state index in [2.05, 4.69) is 11.4 Å². The maximum atomic E-state index is 8.87. The standard InChI is InChI=1S/C12H16N2O2/c1-9(8-15)14-7-10-3-4-11(6-13)12(5-10)16-2/h3-5,9,14-15H,7-8H2,1-2H3. The van der Waals surface area contributed by atoms with E-state index in [1.165, 1.54) is 0 Å². The van der Waals surface area contributed by atoms with E-state index in [4.69, 9.17) is 15.1 Å². The molecule has 0 aliphatic heterocycles. The minimum absolute atomic E-state index is 0.0571. The van der Waals surface area contributed by atoms with Crippen molar-refractivity contribution >= 4 is 0 Å². The third-order valence-electron chi connectivity index (χ3n) is 2.31. The largest absolute Gasteiger partial charge is 0.495 e. The van der Waals surface area contributed by atoms with Gasteiger partial charge >= 0.3 is 0 Å². The van der Waals surface area contributed by atoms with Gasteiger partial charge in [0, 0.05) is 12.6 Å². The van der Waals surface area contributed by atoms with Gasteiger partial charge in [0.25, 0.3) is 0 Å². The van der Waals surface area contributed by atoms with Crippen molar-refractivity contribution in [2.75, 3.05) is 13.7 Å². The minimum Gasteiger partial charge on any atom is -0.495 e. The van der Waals surface area contributed by atoms with E-state index >= 15 is 0 Å². The molecule has 0 saturated carbocycles. The van der Waals surface area contributed by atoms with Crippen molar-refractivity contribution in [2.45, 2.75) is 19.5 Å². The van der Waals surface area contributed by atoms with Crippen LogP contribution in [0.25, 0.3) is 0 Å². The van der Waals surface area contributed by atoms with Crippen molar-refractivity contribution < 1.29 is 9.84 Å². The molecular weight excluding hydrogens is 204 g/mol. The van der Waals surface area contributed by atoms with Crippen LogP contribution in [0.4, 0.5) is 0 Å². The summed E-state index contributed by atoms with van der Waals surface area (Å²) in [7, 11) is 1.55. The SMILES string of the molecule is COc1cc(CNC(C)CO)ccc1C#N. The fraction of sp³-hybridized carbons (Fsp3) is 0.417. The maximum absolute atomic E-state index is 8.87. The number of hydrogen-bond donors (Lipinski definition) is 2. The van der Waals surface area contributed by atoms with Crippen LogP contribution in [0.1, 0.15) is 18.1 Å². The van der Waals surface area contributed by atoms with E-state index in [-0.39, 0.29) is 12.6 Å². The van der Waals surface area contributed by atoms with Crippen molar-refractivity contribution in [2.24, 2.45) is 0 Å². The van der Waals surface area contributed by atoms with Gasteiger partial charge in [-0.05, 0) is 24.6 Å². The summed E-state index contributed by atoms with van der Waals surface area (Å²) in [4.78, 5) is 0. The Morgan fingerprint density at radius 1 is 1.56 bits per heavy atom. The van der Waals surface area contributed by atoms with Gasteiger partial charge in [-0.15, -0.1) is 0 Å². The lowest BCUT2D eigenvalue weighted by Gasteiger charge is -2.11. The van der Waals surface area contributed by atoms with Gasteiger partial charge in [-0.2, -0.15) is 5.26 Å². The molecule has 0 aromatic heterocycles. The molecule has 86 valence electrons. The highest BCUT2D eigenvalue weighted by Gasteiger charge is 2.04. The molecule has 4 heteroatoms. The number of ether oxygens (including phenoxy) is 1. The zero-order chi connectivity index (χ0) is 12.0. The Balaban J connectivity index is 2.72. The number of hydrogen-bond acceptors (Lipinski definition) is 4. The second-order valence-electron chi connectivity index (χ2n) is 3.61. The maximum Gasteiger partial charge on any atom is 0.136 e. The lowest BCUT2D eigenvalue weighted by molar-refractivity contribution is 0.251. The highest BCUT2D eigenvalue weighted by atomic mass is 16.5. The smallest absolute Gasteiger partial charge is 0.136 e. The first-order valence-corrected chi connectivity index (χ1v) is 5.12. The van der Waals surface area contributed by atoms with Crippen molar-refractivity contribution in [1.82, 2.24) is 5.32 Å². The second-order valence-corrected chi connectivity index (χ2v) is 3.61. The summed E-state index contributed by atoms with van der Waals surface area (Å²) >= 11 is 0. The van der Waals surface area contributed by atoms with Gasteiger partial charge < -0.3 is 15.2 Å². The summed E-state index contributed by atoms with van der Waals surface area (Å²) in [5.74, 6) is 0.582. The van der Waals surface area contributed by atoms with E-state index in [1.807, 2.05) is 19.1 Å². The fourth-order valence-corrected chi connectivity index (χ4v) is 1.29. The fourth-order valence-electron chi connectivity index (χ4n) is 1.29. The molecule has 1 unspecified atom stereocenters. The van der Waals surface area contributed by atoms with Crippen molar-refractivity contribution in [3.63, 3.8) is 0 Å². The first-order chi connectivity index (χ1) is 7.71. The van der Waals surface area contributed by atoms with Gasteiger partial charge in [0.1, 0.15) is 11.8 Å². The monoisotopic (exact) mass is 220 g/mol. The predicted molar refractivity (Wildman–Crippen MR) is 61.1 cm³/mol. The van der Waals surface area contributed by atoms with Crippen molar-refractivity contribution in [1.29, 1.82) is 5.26 Å². The average Bonchev–Trinajstić information content (AvgIpc) is 2.35. The van der Waals surface area contributed by atoms with Gasteiger partial charge in [-0.1, -0.05) is 6.07 Å². The summed E-state index contributed by atoms with van der Waals surface area (Å²) in [5, 5.41) is 20.8. The molecule has 1 aromatic rings. The zero-order valence-corrected chi connectivity index (χ0v) is 9.53. The van der Waals surface area contributed by atoms with Gasteiger partial charge in [0.2, 0.25) is 0 Å². The molecule has 1 rings (SSSR count). The first-order valence-electron chi connectivity index (χ1n) is 5.12. The zero-order valence-electron chi connectivity index (χ0n) is 9.53. The van der Waals surface area contributed by atoms with Crippen LogP contribution >= 0.6 is 0 Å². The molecule has 0 saturated heterocycles. The number of benzene rings is 1. The third-order valence-corrected chi connectivity index (χ3v) is 2.31. The molecule has 1 atom stereocenters. The highest BCUT2D eigenvalue weighted by molar-refractivity contribution is 5.45. The molecule has 0 amide bonds. The number of aliphatic hydroxyl groups excluding tert-OH is 1. The van der Waals surface area contributed by atoms with E-state index < -0.39 is 0 Å². The minimum atomic E-state index is 0.0571. The van der Waals surface area contributed by atoms with Crippen LogP contribution < -0.4 is 10.1 Å². The van der Waals surface area contributed by atoms with E-state index in [0.717, 1.165) is 5.56 Å². The number of rotatable bonds is 5. The molecule has 0 aliphatic rings. The molecule has 0 spiro atoms. The molecule has 0 bridgehead atoms. The number of nitrogens with zero attached hydrogens (tertiary/aromatic N) is 1. The molecule has 0 fully saturated rings. The Bertz CT molecular complexity index is 385. The highest BCUT2D eigenvalue weighted by Crippen LogP contribution is 2.19. The number of nitrogens with one attached hydrogen (secondary N) is 1. The van der Waals surface area contributed by atoms with Crippen molar-refractivity contribution in [3.05, 3.63) is 29.3 Å². The Labute approximate surface area is 95.5 Å². The van der Waals surface area contributed by atoms with Crippen LogP contribution in [0.3, 0.4) is 0 Å². The van der Waals surface area contributed by atoms with Crippen LogP contribution in [0.5, 0.6) is 5.75 Å². The Hall–Kier alpha value is -1.57. The van der Waals surface area contributed by atoms with Crippen LogP contribution in [0, 0.1) is 11.3 Å². The molecule has 0 radical (unpaired) electrons. The molecule has 2 N–H and O–H groups in total. The van der Waals surface area contributed by atoms with Gasteiger partial charge in [0.15, 0.2) is 0 Å². The Kier molecular flexibility index (Phi) is 4.77. The average molecular weight is 220 g/mol. The van der Waals surface area contributed by atoms with Crippen LogP contribution in [-0.4, -0.2) is 24.9 Å². The van der Waals surface area contributed by atoms with E-state index in [1.54, 1.807) is 13.2 Å². The number of aliphatic hydroxyl groups is 1. The van der Waals surface area contributed by atoms with Crippen LogP contribution in [-0.2, 0) is 6.54 Å². The molecule has 4 nitrogen and oxygen atoms in total. The van der Waals surface area contributed by atoms with Gasteiger partial charge in [-0.25, -0.2) is 0 Å². The number of methoxy groups -OCH3 is 1. The predicted octanol–water partition coefficient (Wildman–Crippen LogP) is 1.04. The molecular formula is C12H16N2O2. The van der Waals surface area contributed by atoms with Gasteiger partial charge in [0.05, 0.1) is 19.3 Å². The molecule has 0 heterocycles. The summed E-state index contributed by atoms with van der Waals surface area (Å²) in [5.41, 5.74) is 1.55. The Morgan fingerprint density at radius 2 is 2.31 bits per heavy atom. The molecule has 16 heavy (non-hydrogen) atoms. The summed E-state index contributed by atoms with van der Waals surface area (Å²) < 4.78 is 5.11. The van der Waals surface area contributed by atoms with Gasteiger partial charge in [-0.3, -0.25) is 0 Å². The van der Waals surface area contributed by atoms with E-state index in [9.17, 15) is 0 Å². The molecule has 1 aromatic carbocycles. The van der Waals surface area contributed by atoms with E-state index in [0.29, 0.717) is 17.9 Å². The van der Waals surface area contributed by atoms with Crippen molar-refractivity contribution in [3.8, 4) is 11.8 Å². The quantitative estimate of drug-likeness (QED) is 0.778. The lowest BCUT2D eigenvalue weighted by atomic mass is 10.1. The normalized spacial score (nSPS) is 11.9. The topological polar surface area (TPSA) is 65.3 Å². The Morgan fingerprint density at radius 3 is 2.88 bits per heavy atom. The molecule has 0 aliphatic carbocycles. The third kappa shape index (κ3) is 3.23. The summed E-state index contributed by atoms with van der Waals surface area (Å²) in [6.07, 6.45) is 0. The summed E-state index contributed by atoms with van der Waals surface area (Å²) in [6.45, 7) is 2.65. The first kappa shape index (κ1) is 12.5. The number of nitriles is 1. The van der Waals surface area contributed by atoms with Crippen LogP contribution in [0.15, 0.2) is 18.2 Å². The van der Waals surface area contributed by atoms with Crippen LogP contribution in [0.2, 0.25) is 0 Å².